The third-order valence-corrected chi connectivity index (χ3v) is 10.5. The minimum atomic E-state index is -0.124. The van der Waals surface area contributed by atoms with Crippen LogP contribution in [-0.2, 0) is 9.63 Å². The number of hydrogen-bond acceptors (Lipinski definition) is 3. The Hall–Kier alpha value is -0.870. The molecule has 176 valence electrons. The molecule has 4 nitrogen and oxygen atoms in total. The molecule has 31 heavy (non-hydrogen) atoms. The summed E-state index contributed by atoms with van der Waals surface area (Å²) in [6.45, 7) is 7.52. The van der Waals surface area contributed by atoms with Crippen molar-refractivity contribution in [1.82, 2.24) is 5.06 Å². The zero-order valence-corrected chi connectivity index (χ0v) is 20.5. The van der Waals surface area contributed by atoms with E-state index in [1.807, 2.05) is 0 Å². The molecule has 0 bridgehead atoms. The van der Waals surface area contributed by atoms with Gasteiger partial charge in [0, 0.05) is 13.5 Å². The number of rotatable bonds is 5. The molecule has 0 saturated heterocycles. The van der Waals surface area contributed by atoms with Crippen LogP contribution in [0.2, 0.25) is 0 Å². The van der Waals surface area contributed by atoms with Crippen LogP contribution in [0.25, 0.3) is 0 Å². The summed E-state index contributed by atoms with van der Waals surface area (Å²) in [5, 5.41) is 11.7. The van der Waals surface area contributed by atoms with E-state index < -0.39 is 0 Å². The maximum atomic E-state index is 12.3. The van der Waals surface area contributed by atoms with E-state index in [1.165, 1.54) is 50.0 Å². The number of aliphatic hydroxyl groups is 1. The third-order valence-electron chi connectivity index (χ3n) is 10.5. The number of aliphatic hydroxyl groups excluding tert-OH is 1. The number of nitrogens with zero attached hydrogens (tertiary/aromatic N) is 1. The summed E-state index contributed by atoms with van der Waals surface area (Å²) in [5.41, 5.74) is 2.31. The van der Waals surface area contributed by atoms with Crippen LogP contribution in [0.4, 0.5) is 0 Å². The first kappa shape index (κ1) is 23.3. The normalized spacial score (nSPS) is 43.2. The molecule has 0 heterocycles. The second-order valence-electron chi connectivity index (χ2n) is 11.8. The predicted molar refractivity (Wildman–Crippen MR) is 124 cm³/mol. The van der Waals surface area contributed by atoms with Gasteiger partial charge in [0.25, 0.3) is 0 Å². The molecule has 4 heteroatoms. The van der Waals surface area contributed by atoms with E-state index in [0.29, 0.717) is 23.2 Å². The molecule has 4 aliphatic rings. The quantitative estimate of drug-likeness (QED) is 0.445. The van der Waals surface area contributed by atoms with Gasteiger partial charge in [-0.25, -0.2) is 5.06 Å². The van der Waals surface area contributed by atoms with Crippen LogP contribution < -0.4 is 0 Å². The van der Waals surface area contributed by atoms with Crippen LogP contribution in [0.3, 0.4) is 0 Å². The molecule has 4 aliphatic carbocycles. The van der Waals surface area contributed by atoms with Crippen LogP contribution >= 0.6 is 0 Å². The second kappa shape index (κ2) is 8.82. The van der Waals surface area contributed by atoms with Gasteiger partial charge >= 0.3 is 0 Å². The van der Waals surface area contributed by atoms with Gasteiger partial charge in [0.15, 0.2) is 0 Å². The van der Waals surface area contributed by atoms with Crippen molar-refractivity contribution in [1.29, 1.82) is 0 Å². The van der Waals surface area contributed by atoms with Gasteiger partial charge in [0.2, 0.25) is 5.91 Å². The summed E-state index contributed by atoms with van der Waals surface area (Å²) in [6, 6.07) is 0. The Balaban J connectivity index is 1.48. The van der Waals surface area contributed by atoms with Gasteiger partial charge < -0.3 is 5.11 Å². The van der Waals surface area contributed by atoms with Crippen molar-refractivity contribution in [3.05, 3.63) is 11.6 Å². The number of carbonyl (C=O) groups excluding carboxylic acids is 1. The summed E-state index contributed by atoms with van der Waals surface area (Å²) < 4.78 is 0. The lowest BCUT2D eigenvalue weighted by atomic mass is 9.49. The molecule has 0 spiro atoms. The average molecular weight is 432 g/mol. The Bertz CT molecular complexity index is 705. The molecule has 3 fully saturated rings. The highest BCUT2D eigenvalue weighted by Crippen LogP contribution is 2.66. The first-order chi connectivity index (χ1) is 14.7. The van der Waals surface area contributed by atoms with Crippen LogP contribution in [0.15, 0.2) is 11.6 Å². The maximum absolute atomic E-state index is 12.3. The van der Waals surface area contributed by atoms with E-state index in [4.69, 9.17) is 4.84 Å². The number of hydrogen-bond donors (Lipinski definition) is 1. The highest BCUT2D eigenvalue weighted by Gasteiger charge is 2.58. The Kier molecular flexibility index (Phi) is 6.63. The topological polar surface area (TPSA) is 49.8 Å². The average Bonchev–Trinajstić information content (AvgIpc) is 3.03. The summed E-state index contributed by atoms with van der Waals surface area (Å²) in [5.74, 6) is 3.85. The molecule has 1 N–H and O–H groups in total. The van der Waals surface area contributed by atoms with Gasteiger partial charge in [-0.05, 0) is 105 Å². The number of allylic oxidation sites excluding steroid dienone is 1. The molecule has 4 rings (SSSR count). The predicted octanol–water partition coefficient (Wildman–Crippen LogP) is 5.75. The molecule has 0 unspecified atom stereocenters. The molecule has 0 aromatic heterocycles. The number of fused-ring (bicyclic) bond motifs is 5. The molecule has 0 radical (unpaired) electrons. The van der Waals surface area contributed by atoms with Crippen LogP contribution in [-0.4, -0.2) is 36.3 Å². The van der Waals surface area contributed by atoms with E-state index in [1.54, 1.807) is 19.7 Å². The number of amides is 1. The lowest BCUT2D eigenvalue weighted by Gasteiger charge is -2.55. The Morgan fingerprint density at radius 1 is 1.19 bits per heavy atom. The lowest BCUT2D eigenvalue weighted by molar-refractivity contribution is -0.169. The lowest BCUT2D eigenvalue weighted by Crippen LogP contribution is -2.48. The smallest absolute Gasteiger partial charge is 0.245 e. The molecular weight excluding hydrogens is 386 g/mol. The highest BCUT2D eigenvalue weighted by molar-refractivity contribution is 5.74. The van der Waals surface area contributed by atoms with Crippen molar-refractivity contribution in [3.8, 4) is 0 Å². The first-order valence-corrected chi connectivity index (χ1v) is 12.9. The monoisotopic (exact) mass is 431 g/mol. The van der Waals surface area contributed by atoms with Crippen molar-refractivity contribution in [3.63, 3.8) is 0 Å². The van der Waals surface area contributed by atoms with Gasteiger partial charge in [-0.3, -0.25) is 9.63 Å². The van der Waals surface area contributed by atoms with E-state index in [-0.39, 0.29) is 12.0 Å². The Morgan fingerprint density at radius 2 is 1.97 bits per heavy atom. The van der Waals surface area contributed by atoms with Gasteiger partial charge in [0.1, 0.15) is 0 Å². The van der Waals surface area contributed by atoms with E-state index in [0.717, 1.165) is 42.9 Å². The third kappa shape index (κ3) is 4.01. The molecule has 0 aromatic carbocycles. The van der Waals surface area contributed by atoms with Crippen molar-refractivity contribution >= 4 is 5.91 Å². The van der Waals surface area contributed by atoms with Crippen molar-refractivity contribution in [2.75, 3.05) is 14.2 Å². The van der Waals surface area contributed by atoms with E-state index in [9.17, 15) is 9.90 Å². The van der Waals surface area contributed by atoms with Crippen LogP contribution in [0.5, 0.6) is 0 Å². The zero-order chi connectivity index (χ0) is 22.4. The number of hydroxylamine groups is 2. The standard InChI is InChI=1S/C27H45NO3/c1-18(9-12-25(30)28(4)31-5)22-10-11-23-21-8-6-7-19-17-20(29)13-15-26(19,2)24(21)14-16-27(22,23)3/h7,18,20-24,29H,6,8-17H2,1-5H3/t18-,20+,21-,22-,23+,24+,26+,27-/m1/s1. The van der Waals surface area contributed by atoms with Crippen LogP contribution in [0.1, 0.15) is 91.4 Å². The molecule has 1 amide bonds. The summed E-state index contributed by atoms with van der Waals surface area (Å²) in [4.78, 5) is 17.3. The maximum Gasteiger partial charge on any atom is 0.245 e. The van der Waals surface area contributed by atoms with E-state index in [2.05, 4.69) is 26.8 Å². The fraction of sp³-hybridized carbons (Fsp3) is 0.889. The second-order valence-corrected chi connectivity index (χ2v) is 11.8. The molecular formula is C27H45NO3. The Labute approximate surface area is 189 Å². The summed E-state index contributed by atoms with van der Waals surface area (Å²) in [6.07, 6.45) is 14.9. The van der Waals surface area contributed by atoms with Gasteiger partial charge in [0.05, 0.1) is 13.2 Å². The molecule has 0 aliphatic heterocycles. The fourth-order valence-electron chi connectivity index (χ4n) is 8.67. The van der Waals surface area contributed by atoms with Crippen molar-refractivity contribution in [2.45, 2.75) is 97.5 Å². The minimum Gasteiger partial charge on any atom is -0.393 e. The molecule has 8 atom stereocenters. The summed E-state index contributed by atoms with van der Waals surface area (Å²) >= 11 is 0. The zero-order valence-electron chi connectivity index (χ0n) is 20.5. The van der Waals surface area contributed by atoms with Gasteiger partial charge in [-0.2, -0.15) is 0 Å². The first-order valence-electron chi connectivity index (χ1n) is 12.9. The molecule has 3 saturated carbocycles. The fourth-order valence-corrected chi connectivity index (χ4v) is 8.67. The number of carbonyl (C=O) groups is 1. The van der Waals surface area contributed by atoms with Crippen molar-refractivity contribution < 1.29 is 14.7 Å². The highest BCUT2D eigenvalue weighted by atomic mass is 16.7. The minimum absolute atomic E-state index is 0.0903. The van der Waals surface area contributed by atoms with Crippen molar-refractivity contribution in [2.24, 2.45) is 40.4 Å². The molecule has 0 aromatic rings. The SMILES string of the molecule is CON(C)C(=O)CC[C@@H](C)[C@H]1CC[C@H]2[C@H]3CCC=C4C[C@@H](O)CC[C@]4(C)[C@H]3CC[C@]12C. The largest absolute Gasteiger partial charge is 0.393 e. The van der Waals surface area contributed by atoms with E-state index >= 15 is 0 Å². The van der Waals surface area contributed by atoms with Crippen LogP contribution in [0, 0.1) is 40.4 Å². The summed E-state index contributed by atoms with van der Waals surface area (Å²) in [7, 11) is 3.27. The van der Waals surface area contributed by atoms with Gasteiger partial charge in [-0.1, -0.05) is 32.4 Å². The van der Waals surface area contributed by atoms with Gasteiger partial charge in [-0.15, -0.1) is 0 Å². The Morgan fingerprint density at radius 3 is 2.71 bits per heavy atom.